The van der Waals surface area contributed by atoms with Crippen molar-refractivity contribution in [2.24, 2.45) is 0 Å². The van der Waals surface area contributed by atoms with Gasteiger partial charge in [0.05, 0.1) is 0 Å². The van der Waals surface area contributed by atoms with E-state index in [2.05, 4.69) is 5.32 Å². The summed E-state index contributed by atoms with van der Waals surface area (Å²) in [5.74, 6) is 0. The molecular weight excluding hydrogens is 243 g/mol. The number of benzene rings is 1. The molecule has 0 aliphatic rings. The first-order valence-corrected chi connectivity index (χ1v) is 5.93. The molecule has 5 heteroatoms. The van der Waals surface area contributed by atoms with Crippen LogP contribution in [0.5, 0.6) is 0 Å². The molecule has 0 aromatic heterocycles. The lowest BCUT2D eigenvalue weighted by atomic mass is 10.0. The van der Waals surface area contributed by atoms with E-state index in [1.807, 2.05) is 0 Å². The second kappa shape index (κ2) is 6.75. The number of aliphatic hydroxyl groups excluding tert-OH is 1. The molecule has 1 aromatic rings. The predicted octanol–water partition coefficient (Wildman–Crippen LogP) is 3.04. The molecule has 1 aromatic carbocycles. The molecular formula is C13H18F3NO. The van der Waals surface area contributed by atoms with Crippen LogP contribution in [0, 0.1) is 0 Å². The molecule has 102 valence electrons. The molecule has 0 bridgehead atoms. The highest BCUT2D eigenvalue weighted by Crippen LogP contribution is 2.33. The van der Waals surface area contributed by atoms with Crippen LogP contribution in [-0.2, 0) is 0 Å². The Hall–Kier alpha value is -1.07. The van der Waals surface area contributed by atoms with Gasteiger partial charge in [-0.1, -0.05) is 30.3 Å². The van der Waals surface area contributed by atoms with Gasteiger partial charge in [0.15, 0.2) is 0 Å². The fourth-order valence-electron chi connectivity index (χ4n) is 1.79. The number of hydrogen-bond acceptors (Lipinski definition) is 2. The van der Waals surface area contributed by atoms with Gasteiger partial charge in [0.2, 0.25) is 0 Å². The number of halogens is 3. The molecule has 0 amide bonds. The highest BCUT2D eigenvalue weighted by Gasteiger charge is 2.41. The lowest BCUT2D eigenvalue weighted by Gasteiger charge is -2.25. The quantitative estimate of drug-likeness (QED) is 0.825. The maximum absolute atomic E-state index is 13.0. The zero-order chi connectivity index (χ0) is 13.6. The van der Waals surface area contributed by atoms with Crippen LogP contribution in [-0.4, -0.2) is 23.9 Å². The fourth-order valence-corrected chi connectivity index (χ4v) is 1.79. The van der Waals surface area contributed by atoms with Gasteiger partial charge in [-0.15, -0.1) is 0 Å². The zero-order valence-corrected chi connectivity index (χ0v) is 10.2. The third-order valence-electron chi connectivity index (χ3n) is 2.71. The lowest BCUT2D eigenvalue weighted by molar-refractivity contribution is -0.159. The summed E-state index contributed by atoms with van der Waals surface area (Å²) in [4.78, 5) is 0. The van der Waals surface area contributed by atoms with Crippen LogP contribution >= 0.6 is 0 Å². The normalized spacial score (nSPS) is 15.4. The van der Waals surface area contributed by atoms with Gasteiger partial charge < -0.3 is 5.11 Å². The maximum Gasteiger partial charge on any atom is 0.407 e. The average Bonchev–Trinajstić information content (AvgIpc) is 2.33. The van der Waals surface area contributed by atoms with Crippen molar-refractivity contribution < 1.29 is 18.3 Å². The molecule has 1 rings (SSSR count). The van der Waals surface area contributed by atoms with Crippen LogP contribution in [0.15, 0.2) is 30.3 Å². The molecule has 0 saturated carbocycles. The van der Waals surface area contributed by atoms with Crippen LogP contribution in [0.25, 0.3) is 0 Å². The van der Waals surface area contributed by atoms with E-state index in [4.69, 9.17) is 5.11 Å². The van der Waals surface area contributed by atoms with E-state index >= 15 is 0 Å². The number of rotatable bonds is 6. The van der Waals surface area contributed by atoms with Crippen LogP contribution in [0.2, 0.25) is 0 Å². The summed E-state index contributed by atoms with van der Waals surface area (Å²) in [6.07, 6.45) is -3.32. The van der Waals surface area contributed by atoms with E-state index in [0.717, 1.165) is 0 Å². The van der Waals surface area contributed by atoms with Crippen molar-refractivity contribution in [3.05, 3.63) is 35.9 Å². The summed E-state index contributed by atoms with van der Waals surface area (Å²) < 4.78 is 38.9. The molecule has 18 heavy (non-hydrogen) atoms. The number of aliphatic hydroxyl groups is 1. The van der Waals surface area contributed by atoms with E-state index in [0.29, 0.717) is 12.8 Å². The van der Waals surface area contributed by atoms with Crippen molar-refractivity contribution in [1.29, 1.82) is 0 Å². The Labute approximate surface area is 105 Å². The molecule has 2 unspecified atom stereocenters. The highest BCUT2D eigenvalue weighted by atomic mass is 19.4. The van der Waals surface area contributed by atoms with Crippen molar-refractivity contribution in [3.63, 3.8) is 0 Å². The van der Waals surface area contributed by atoms with Gasteiger partial charge in [-0.2, -0.15) is 13.2 Å². The lowest BCUT2D eigenvalue weighted by Crippen LogP contribution is -2.39. The second-order valence-corrected chi connectivity index (χ2v) is 4.32. The zero-order valence-electron chi connectivity index (χ0n) is 10.2. The molecule has 0 spiro atoms. The summed E-state index contributed by atoms with van der Waals surface area (Å²) in [5, 5.41) is 11.2. The van der Waals surface area contributed by atoms with Gasteiger partial charge in [0.25, 0.3) is 0 Å². The first kappa shape index (κ1) is 15.0. The average molecular weight is 261 g/mol. The summed E-state index contributed by atoms with van der Waals surface area (Å²) in [6.45, 7) is 1.69. The Morgan fingerprint density at radius 2 is 1.83 bits per heavy atom. The summed E-state index contributed by atoms with van der Waals surface area (Å²) >= 11 is 0. The topological polar surface area (TPSA) is 32.3 Å². The first-order valence-electron chi connectivity index (χ1n) is 5.93. The Bertz CT molecular complexity index is 340. The van der Waals surface area contributed by atoms with Crippen LogP contribution in [0.4, 0.5) is 13.2 Å². The summed E-state index contributed by atoms with van der Waals surface area (Å²) in [6, 6.07) is 5.83. The van der Waals surface area contributed by atoms with Gasteiger partial charge >= 0.3 is 6.18 Å². The molecule has 0 aliphatic carbocycles. The van der Waals surface area contributed by atoms with Gasteiger partial charge in [-0.05, 0) is 25.3 Å². The van der Waals surface area contributed by atoms with Crippen LogP contribution < -0.4 is 5.32 Å². The van der Waals surface area contributed by atoms with Crippen LogP contribution in [0.3, 0.4) is 0 Å². The number of alkyl halides is 3. The van der Waals surface area contributed by atoms with Crippen molar-refractivity contribution >= 4 is 0 Å². The second-order valence-electron chi connectivity index (χ2n) is 4.32. The minimum Gasteiger partial charge on any atom is -0.396 e. The Balaban J connectivity index is 2.75. The maximum atomic E-state index is 13.0. The third-order valence-corrected chi connectivity index (χ3v) is 2.71. The van der Waals surface area contributed by atoms with Gasteiger partial charge in [0, 0.05) is 12.6 Å². The molecule has 0 heterocycles. The van der Waals surface area contributed by atoms with Crippen LogP contribution in [0.1, 0.15) is 31.4 Å². The number of nitrogens with one attached hydrogen (secondary N) is 1. The summed E-state index contributed by atoms with van der Waals surface area (Å²) in [5.41, 5.74) is 0.209. The molecule has 0 aliphatic heterocycles. The van der Waals surface area contributed by atoms with E-state index in [1.54, 1.807) is 25.1 Å². The SMILES string of the molecule is CC(CCCO)NC(c1ccccc1)C(F)(F)F. The standard InChI is InChI=1S/C13H18F3NO/c1-10(6-5-9-18)17-12(13(14,15)16)11-7-3-2-4-8-11/h2-4,7-8,10,12,17-18H,5-6,9H2,1H3. The monoisotopic (exact) mass is 261 g/mol. The molecule has 2 N–H and O–H groups in total. The van der Waals surface area contributed by atoms with Gasteiger partial charge in [-0.25, -0.2) is 0 Å². The van der Waals surface area contributed by atoms with E-state index in [9.17, 15) is 13.2 Å². The van der Waals surface area contributed by atoms with Crippen molar-refractivity contribution in [1.82, 2.24) is 5.32 Å². The van der Waals surface area contributed by atoms with Crippen molar-refractivity contribution in [3.8, 4) is 0 Å². The largest absolute Gasteiger partial charge is 0.407 e. The molecule has 2 nitrogen and oxygen atoms in total. The smallest absolute Gasteiger partial charge is 0.396 e. The minimum absolute atomic E-state index is 0.00591. The highest BCUT2D eigenvalue weighted by molar-refractivity contribution is 5.20. The number of hydrogen-bond donors (Lipinski definition) is 2. The van der Waals surface area contributed by atoms with Gasteiger partial charge in [0.1, 0.15) is 6.04 Å². The first-order chi connectivity index (χ1) is 8.45. The molecule has 2 atom stereocenters. The van der Waals surface area contributed by atoms with E-state index in [1.165, 1.54) is 12.1 Å². The molecule has 0 saturated heterocycles. The van der Waals surface area contributed by atoms with Gasteiger partial charge in [-0.3, -0.25) is 5.32 Å². The van der Waals surface area contributed by atoms with Crippen molar-refractivity contribution in [2.45, 2.75) is 38.0 Å². The Kier molecular flexibility index (Phi) is 5.62. The predicted molar refractivity (Wildman–Crippen MR) is 64.2 cm³/mol. The Morgan fingerprint density at radius 1 is 1.22 bits per heavy atom. The van der Waals surface area contributed by atoms with Crippen molar-refractivity contribution in [2.75, 3.05) is 6.61 Å². The summed E-state index contributed by atoms with van der Waals surface area (Å²) in [7, 11) is 0. The fraction of sp³-hybridized carbons (Fsp3) is 0.538. The molecule has 0 radical (unpaired) electrons. The Morgan fingerprint density at radius 3 is 2.33 bits per heavy atom. The minimum atomic E-state index is -4.32. The molecule has 0 fully saturated rings. The van der Waals surface area contributed by atoms with E-state index in [-0.39, 0.29) is 18.2 Å². The van der Waals surface area contributed by atoms with E-state index < -0.39 is 12.2 Å². The third kappa shape index (κ3) is 4.66.